The maximum Gasteiger partial charge on any atom is 0.333 e. The molecule has 0 heterocycles. The van der Waals surface area contributed by atoms with Crippen LogP contribution >= 0.6 is 0 Å². The average Bonchev–Trinajstić information content (AvgIpc) is 2.93. The van der Waals surface area contributed by atoms with E-state index < -0.39 is 12.1 Å². The highest BCUT2D eigenvalue weighted by Crippen LogP contribution is 2.27. The van der Waals surface area contributed by atoms with Crippen molar-refractivity contribution in [3.05, 3.63) is 65.5 Å². The summed E-state index contributed by atoms with van der Waals surface area (Å²) in [6, 6.07) is 13.2. The Morgan fingerprint density at radius 2 is 1.71 bits per heavy atom. The van der Waals surface area contributed by atoms with Crippen molar-refractivity contribution < 1.29 is 28.6 Å². The number of hydrogen-bond donors (Lipinski definition) is 2. The van der Waals surface area contributed by atoms with E-state index in [1.807, 2.05) is 24.3 Å². The van der Waals surface area contributed by atoms with Crippen LogP contribution < -0.4 is 10.1 Å². The molecule has 1 fully saturated rings. The Balaban J connectivity index is 1.50. The van der Waals surface area contributed by atoms with Gasteiger partial charge in [0, 0.05) is 26.1 Å². The van der Waals surface area contributed by atoms with Gasteiger partial charge in [-0.25, -0.2) is 14.0 Å². The van der Waals surface area contributed by atoms with Gasteiger partial charge in [0.25, 0.3) is 0 Å². The van der Waals surface area contributed by atoms with Crippen molar-refractivity contribution >= 4 is 12.0 Å². The number of benzene rings is 2. The Bertz CT molecular complexity index is 977. The fraction of sp³-hybridized carbons (Fsp3) is 0.533. The first-order valence-electron chi connectivity index (χ1n) is 13.8. The second-order valence-electron chi connectivity index (χ2n) is 9.90. The molecule has 0 aromatic heterocycles. The fourth-order valence-electron chi connectivity index (χ4n) is 4.88. The smallest absolute Gasteiger partial charge is 0.333 e. The summed E-state index contributed by atoms with van der Waals surface area (Å²) in [6.07, 6.45) is 8.01. The van der Waals surface area contributed by atoms with Gasteiger partial charge in [0.2, 0.25) is 0 Å². The van der Waals surface area contributed by atoms with Gasteiger partial charge in [0.15, 0.2) is 6.10 Å². The Morgan fingerprint density at radius 1 is 1.03 bits per heavy atom. The predicted octanol–water partition coefficient (Wildman–Crippen LogP) is 5.81. The van der Waals surface area contributed by atoms with Crippen molar-refractivity contribution in [2.24, 2.45) is 5.92 Å². The van der Waals surface area contributed by atoms with Crippen molar-refractivity contribution in [1.29, 1.82) is 0 Å². The van der Waals surface area contributed by atoms with Crippen molar-refractivity contribution in [1.82, 2.24) is 10.2 Å². The maximum absolute atomic E-state index is 13.2. The molecule has 208 valence electrons. The van der Waals surface area contributed by atoms with Crippen LogP contribution in [0.4, 0.5) is 9.18 Å². The molecule has 2 amide bonds. The number of carbonyl (C=O) groups excluding carboxylic acids is 1. The van der Waals surface area contributed by atoms with Gasteiger partial charge in [-0.1, -0.05) is 56.4 Å². The van der Waals surface area contributed by atoms with Crippen LogP contribution in [0.1, 0.15) is 63.0 Å². The zero-order valence-corrected chi connectivity index (χ0v) is 22.4. The molecule has 2 N–H and O–H groups in total. The molecule has 38 heavy (non-hydrogen) atoms. The normalized spacial score (nSPS) is 14.6. The van der Waals surface area contributed by atoms with E-state index in [0.29, 0.717) is 38.6 Å². The number of aliphatic carboxylic acids is 1. The number of carbonyl (C=O) groups is 2. The summed E-state index contributed by atoms with van der Waals surface area (Å²) in [4.78, 5) is 26.1. The second kappa shape index (κ2) is 16.0. The fourth-order valence-corrected chi connectivity index (χ4v) is 4.88. The number of amides is 2. The van der Waals surface area contributed by atoms with Crippen LogP contribution in [0.25, 0.3) is 0 Å². The first-order chi connectivity index (χ1) is 18.4. The Labute approximate surface area is 225 Å². The van der Waals surface area contributed by atoms with Crippen molar-refractivity contribution in [3.8, 4) is 5.75 Å². The summed E-state index contributed by atoms with van der Waals surface area (Å²) in [5.74, 6) is 0.135. The van der Waals surface area contributed by atoms with E-state index in [9.17, 15) is 19.1 Å². The molecule has 1 saturated carbocycles. The molecular weight excluding hydrogens is 487 g/mol. The Hall–Kier alpha value is -3.13. The lowest BCUT2D eigenvalue weighted by atomic mass is 9.86. The van der Waals surface area contributed by atoms with E-state index in [4.69, 9.17) is 9.47 Å². The molecule has 8 heteroatoms. The number of hydrogen-bond acceptors (Lipinski definition) is 4. The number of nitrogens with one attached hydrogen (secondary N) is 1. The van der Waals surface area contributed by atoms with Gasteiger partial charge in [-0.15, -0.1) is 0 Å². The van der Waals surface area contributed by atoms with E-state index in [-0.39, 0.29) is 18.3 Å². The largest absolute Gasteiger partial charge is 0.492 e. The molecule has 1 unspecified atom stereocenters. The number of halogens is 1. The third-order valence-electron chi connectivity index (χ3n) is 7.03. The molecule has 1 aliphatic rings. The lowest BCUT2D eigenvalue weighted by molar-refractivity contribution is -0.149. The highest BCUT2D eigenvalue weighted by molar-refractivity contribution is 5.74. The van der Waals surface area contributed by atoms with Gasteiger partial charge >= 0.3 is 12.0 Å². The number of carboxylic acids is 1. The molecule has 7 nitrogen and oxygen atoms in total. The summed E-state index contributed by atoms with van der Waals surface area (Å²) in [7, 11) is 0. The zero-order valence-electron chi connectivity index (χ0n) is 22.4. The first kappa shape index (κ1) is 29.4. The average molecular weight is 529 g/mol. The molecule has 2 aromatic carbocycles. The molecule has 2 aromatic rings. The van der Waals surface area contributed by atoms with Crippen LogP contribution in [-0.4, -0.2) is 54.4 Å². The van der Waals surface area contributed by atoms with Crippen molar-refractivity contribution in [3.63, 3.8) is 0 Å². The molecule has 1 atom stereocenters. The molecule has 0 saturated heterocycles. The van der Waals surface area contributed by atoms with Gasteiger partial charge < -0.3 is 24.8 Å². The first-order valence-corrected chi connectivity index (χ1v) is 13.8. The number of rotatable bonds is 15. The molecule has 0 aliphatic heterocycles. The number of carboxylic acid groups (broad SMARTS) is 1. The van der Waals surface area contributed by atoms with Gasteiger partial charge in [0.05, 0.1) is 6.54 Å². The predicted molar refractivity (Wildman–Crippen MR) is 145 cm³/mol. The summed E-state index contributed by atoms with van der Waals surface area (Å²) in [6.45, 7) is 3.88. The van der Waals surface area contributed by atoms with Crippen LogP contribution in [-0.2, 0) is 22.5 Å². The summed E-state index contributed by atoms with van der Waals surface area (Å²) >= 11 is 0. The second-order valence-corrected chi connectivity index (χ2v) is 9.90. The van der Waals surface area contributed by atoms with Crippen molar-refractivity contribution in [2.45, 2.75) is 70.9 Å². The highest BCUT2D eigenvalue weighted by atomic mass is 19.1. The maximum atomic E-state index is 13.2. The number of urea groups is 1. The topological polar surface area (TPSA) is 88.1 Å². The van der Waals surface area contributed by atoms with Crippen LogP contribution in [0.3, 0.4) is 0 Å². The molecular formula is C30H41FN2O5. The Morgan fingerprint density at radius 3 is 2.37 bits per heavy atom. The SMILES string of the molecule is CCOC(Cc1ccc(OCCN(CCCC2CCCCC2)C(=O)NCc2ccc(F)cc2)cc1)C(=O)O. The third-order valence-corrected chi connectivity index (χ3v) is 7.03. The molecule has 0 spiro atoms. The number of ether oxygens (including phenoxy) is 2. The Kier molecular flexibility index (Phi) is 12.4. The van der Waals surface area contributed by atoms with E-state index in [0.717, 1.165) is 29.9 Å². The van der Waals surface area contributed by atoms with Crippen LogP contribution in [0.5, 0.6) is 5.75 Å². The molecule has 0 radical (unpaired) electrons. The van der Waals surface area contributed by atoms with E-state index in [2.05, 4.69) is 5.32 Å². The lowest BCUT2D eigenvalue weighted by Gasteiger charge is -2.26. The minimum absolute atomic E-state index is 0.160. The van der Waals surface area contributed by atoms with E-state index in [1.165, 1.54) is 44.2 Å². The quantitative estimate of drug-likeness (QED) is 0.305. The summed E-state index contributed by atoms with van der Waals surface area (Å²) in [5, 5.41) is 12.2. The van der Waals surface area contributed by atoms with E-state index >= 15 is 0 Å². The monoisotopic (exact) mass is 528 g/mol. The minimum atomic E-state index is -0.978. The van der Waals surface area contributed by atoms with Crippen LogP contribution in [0.15, 0.2) is 48.5 Å². The van der Waals surface area contributed by atoms with Crippen LogP contribution in [0, 0.1) is 11.7 Å². The van der Waals surface area contributed by atoms with Crippen molar-refractivity contribution in [2.75, 3.05) is 26.3 Å². The third kappa shape index (κ3) is 10.3. The molecule has 0 bridgehead atoms. The van der Waals surface area contributed by atoms with Gasteiger partial charge in [-0.3, -0.25) is 0 Å². The number of nitrogens with zero attached hydrogens (tertiary/aromatic N) is 1. The van der Waals surface area contributed by atoms with E-state index in [1.54, 1.807) is 24.0 Å². The van der Waals surface area contributed by atoms with Gasteiger partial charge in [-0.05, 0) is 61.1 Å². The minimum Gasteiger partial charge on any atom is -0.492 e. The molecule has 3 rings (SSSR count). The highest BCUT2D eigenvalue weighted by Gasteiger charge is 2.19. The molecule has 1 aliphatic carbocycles. The van der Waals surface area contributed by atoms with Crippen LogP contribution in [0.2, 0.25) is 0 Å². The standard InChI is InChI=1S/C30H41FN2O5/c1-2-37-28(29(34)35)21-24-12-16-27(17-13-24)38-20-19-33(18-6-9-23-7-4-3-5-8-23)30(36)32-22-25-10-14-26(31)15-11-25/h10-17,23,28H,2-9,18-22H2,1H3,(H,32,36)(H,34,35). The zero-order chi connectivity index (χ0) is 27.2. The summed E-state index contributed by atoms with van der Waals surface area (Å²) < 4.78 is 24.4. The van der Waals surface area contributed by atoms with Gasteiger partial charge in [-0.2, -0.15) is 0 Å². The lowest BCUT2D eigenvalue weighted by Crippen LogP contribution is -2.42. The van der Waals surface area contributed by atoms with Gasteiger partial charge in [0.1, 0.15) is 18.2 Å². The summed E-state index contributed by atoms with van der Waals surface area (Å²) in [5.41, 5.74) is 1.69.